The molecule has 5 heteroatoms. The lowest BCUT2D eigenvalue weighted by Crippen LogP contribution is -2.52. The molecular weight excluding hydrogens is 230 g/mol. The van der Waals surface area contributed by atoms with Crippen molar-refractivity contribution in [2.45, 2.75) is 12.5 Å². The highest BCUT2D eigenvalue weighted by Crippen LogP contribution is 2.25. The molecule has 0 spiro atoms. The molecule has 96 valence electrons. The van der Waals surface area contributed by atoms with Crippen LogP contribution >= 0.6 is 0 Å². The maximum atomic E-state index is 12.1. The quantitative estimate of drug-likeness (QED) is 0.793. The molecule has 2 aliphatic heterocycles. The SMILES string of the molecule is O=C(NN1CCOCC1)C1Cc2ccccc2N1. The van der Waals surface area contributed by atoms with Crippen molar-refractivity contribution in [3.05, 3.63) is 29.8 Å². The Morgan fingerprint density at radius 3 is 2.89 bits per heavy atom. The summed E-state index contributed by atoms with van der Waals surface area (Å²) in [6, 6.07) is 7.89. The van der Waals surface area contributed by atoms with Crippen molar-refractivity contribution in [3.63, 3.8) is 0 Å². The third-order valence-electron chi connectivity index (χ3n) is 3.37. The summed E-state index contributed by atoms with van der Waals surface area (Å²) >= 11 is 0. The summed E-state index contributed by atoms with van der Waals surface area (Å²) in [4.78, 5) is 12.1. The average molecular weight is 247 g/mol. The number of hydrogen-bond acceptors (Lipinski definition) is 4. The largest absolute Gasteiger partial charge is 0.379 e. The fraction of sp³-hybridized carbons (Fsp3) is 0.462. The van der Waals surface area contributed by atoms with E-state index in [1.807, 2.05) is 23.2 Å². The van der Waals surface area contributed by atoms with E-state index in [1.165, 1.54) is 5.56 Å². The number of nitrogens with zero attached hydrogens (tertiary/aromatic N) is 1. The second-order valence-corrected chi connectivity index (χ2v) is 4.63. The smallest absolute Gasteiger partial charge is 0.257 e. The van der Waals surface area contributed by atoms with Crippen molar-refractivity contribution in [1.82, 2.24) is 10.4 Å². The third-order valence-corrected chi connectivity index (χ3v) is 3.37. The normalized spacial score (nSPS) is 23.2. The number of ether oxygens (including phenoxy) is 1. The van der Waals surface area contributed by atoms with Crippen LogP contribution in [-0.2, 0) is 16.0 Å². The Kier molecular flexibility index (Phi) is 3.17. The third kappa shape index (κ3) is 2.32. The van der Waals surface area contributed by atoms with Gasteiger partial charge >= 0.3 is 0 Å². The number of morpholine rings is 1. The number of para-hydroxylation sites is 1. The number of benzene rings is 1. The molecule has 2 heterocycles. The monoisotopic (exact) mass is 247 g/mol. The van der Waals surface area contributed by atoms with E-state index in [2.05, 4.69) is 16.8 Å². The summed E-state index contributed by atoms with van der Waals surface area (Å²) in [5.41, 5.74) is 5.22. The second-order valence-electron chi connectivity index (χ2n) is 4.63. The number of carbonyl (C=O) groups is 1. The number of fused-ring (bicyclic) bond motifs is 1. The number of amides is 1. The summed E-state index contributed by atoms with van der Waals surface area (Å²) in [5, 5.41) is 5.18. The summed E-state index contributed by atoms with van der Waals surface area (Å²) in [6.07, 6.45) is 0.756. The van der Waals surface area contributed by atoms with Crippen molar-refractivity contribution in [2.75, 3.05) is 31.6 Å². The number of rotatable bonds is 2. The minimum absolute atomic E-state index is 0.0353. The van der Waals surface area contributed by atoms with Crippen molar-refractivity contribution >= 4 is 11.6 Å². The lowest BCUT2D eigenvalue weighted by atomic mass is 10.1. The van der Waals surface area contributed by atoms with E-state index >= 15 is 0 Å². The molecule has 1 fully saturated rings. The van der Waals surface area contributed by atoms with E-state index in [0.29, 0.717) is 13.2 Å². The van der Waals surface area contributed by atoms with Gasteiger partial charge in [-0.25, -0.2) is 5.01 Å². The van der Waals surface area contributed by atoms with Crippen molar-refractivity contribution in [2.24, 2.45) is 0 Å². The summed E-state index contributed by atoms with van der Waals surface area (Å²) in [6.45, 7) is 2.87. The molecule has 1 aromatic carbocycles. The fourth-order valence-corrected chi connectivity index (χ4v) is 2.36. The van der Waals surface area contributed by atoms with Crippen LogP contribution in [0.1, 0.15) is 5.56 Å². The standard InChI is InChI=1S/C13H17N3O2/c17-13(15-16-5-7-18-8-6-16)12-9-10-3-1-2-4-11(10)14-12/h1-4,12,14H,5-9H2,(H,15,17). The Balaban J connectivity index is 1.58. The van der Waals surface area contributed by atoms with Crippen LogP contribution in [0.2, 0.25) is 0 Å². The zero-order valence-corrected chi connectivity index (χ0v) is 10.2. The summed E-state index contributed by atoms with van der Waals surface area (Å²) in [7, 11) is 0. The molecule has 1 aromatic rings. The van der Waals surface area contributed by atoms with E-state index in [9.17, 15) is 4.79 Å². The van der Waals surface area contributed by atoms with Crippen LogP contribution in [0.15, 0.2) is 24.3 Å². The fourth-order valence-electron chi connectivity index (χ4n) is 2.36. The van der Waals surface area contributed by atoms with Gasteiger partial charge in [-0.1, -0.05) is 18.2 Å². The zero-order valence-electron chi connectivity index (χ0n) is 10.2. The van der Waals surface area contributed by atoms with Gasteiger partial charge in [0.25, 0.3) is 5.91 Å². The van der Waals surface area contributed by atoms with E-state index in [-0.39, 0.29) is 11.9 Å². The minimum atomic E-state index is -0.162. The molecule has 0 aromatic heterocycles. The number of hydrazine groups is 1. The van der Waals surface area contributed by atoms with Gasteiger partial charge in [-0.15, -0.1) is 0 Å². The number of carbonyl (C=O) groups excluding carboxylic acids is 1. The summed E-state index contributed by atoms with van der Waals surface area (Å²) < 4.78 is 5.25. The Bertz CT molecular complexity index is 419. The topological polar surface area (TPSA) is 53.6 Å². The minimum Gasteiger partial charge on any atom is -0.379 e. The van der Waals surface area contributed by atoms with Gasteiger partial charge in [0.1, 0.15) is 6.04 Å². The molecular formula is C13H17N3O2. The first-order valence-electron chi connectivity index (χ1n) is 6.30. The molecule has 0 aliphatic carbocycles. The van der Waals surface area contributed by atoms with Gasteiger partial charge in [-0.05, 0) is 11.6 Å². The zero-order chi connectivity index (χ0) is 12.4. The molecule has 18 heavy (non-hydrogen) atoms. The van der Waals surface area contributed by atoms with Gasteiger partial charge in [-0.2, -0.15) is 0 Å². The molecule has 5 nitrogen and oxygen atoms in total. The molecule has 1 unspecified atom stereocenters. The Labute approximate surface area is 106 Å². The van der Waals surface area contributed by atoms with Gasteiger partial charge in [0, 0.05) is 25.2 Å². The van der Waals surface area contributed by atoms with Gasteiger partial charge in [0.05, 0.1) is 13.2 Å². The average Bonchev–Trinajstić information content (AvgIpc) is 2.84. The number of anilines is 1. The van der Waals surface area contributed by atoms with E-state index in [4.69, 9.17) is 4.74 Å². The number of hydrogen-bond donors (Lipinski definition) is 2. The van der Waals surface area contributed by atoms with E-state index in [0.717, 1.165) is 25.2 Å². The predicted octanol–water partition coefficient (Wildman–Crippen LogP) is 0.387. The molecule has 2 aliphatic rings. The highest BCUT2D eigenvalue weighted by Gasteiger charge is 2.27. The Morgan fingerprint density at radius 1 is 1.33 bits per heavy atom. The van der Waals surface area contributed by atoms with Crippen molar-refractivity contribution in [1.29, 1.82) is 0 Å². The van der Waals surface area contributed by atoms with Crippen LogP contribution in [0.4, 0.5) is 5.69 Å². The van der Waals surface area contributed by atoms with Gasteiger partial charge in [0.15, 0.2) is 0 Å². The first-order chi connectivity index (χ1) is 8.83. The molecule has 0 saturated carbocycles. The molecule has 1 atom stereocenters. The molecule has 1 amide bonds. The van der Waals surface area contributed by atoms with Crippen LogP contribution in [0.3, 0.4) is 0 Å². The second kappa shape index (κ2) is 4.96. The van der Waals surface area contributed by atoms with Crippen LogP contribution in [0.25, 0.3) is 0 Å². The number of nitrogens with one attached hydrogen (secondary N) is 2. The van der Waals surface area contributed by atoms with Crippen LogP contribution in [0, 0.1) is 0 Å². The maximum Gasteiger partial charge on any atom is 0.257 e. The highest BCUT2D eigenvalue weighted by atomic mass is 16.5. The highest BCUT2D eigenvalue weighted by molar-refractivity contribution is 5.87. The van der Waals surface area contributed by atoms with Crippen molar-refractivity contribution in [3.8, 4) is 0 Å². The maximum absolute atomic E-state index is 12.1. The van der Waals surface area contributed by atoms with Crippen LogP contribution in [-0.4, -0.2) is 43.3 Å². The van der Waals surface area contributed by atoms with Gasteiger partial charge in [-0.3, -0.25) is 10.2 Å². The first-order valence-corrected chi connectivity index (χ1v) is 6.30. The predicted molar refractivity (Wildman–Crippen MR) is 68.1 cm³/mol. The molecule has 3 rings (SSSR count). The molecule has 0 bridgehead atoms. The Hall–Kier alpha value is -1.59. The Morgan fingerprint density at radius 2 is 2.11 bits per heavy atom. The van der Waals surface area contributed by atoms with E-state index < -0.39 is 0 Å². The van der Waals surface area contributed by atoms with E-state index in [1.54, 1.807) is 0 Å². The van der Waals surface area contributed by atoms with Gasteiger partial charge in [0.2, 0.25) is 0 Å². The lowest BCUT2D eigenvalue weighted by molar-refractivity contribution is -0.128. The molecule has 0 radical (unpaired) electrons. The van der Waals surface area contributed by atoms with Gasteiger partial charge < -0.3 is 10.1 Å². The van der Waals surface area contributed by atoms with Crippen molar-refractivity contribution < 1.29 is 9.53 Å². The van der Waals surface area contributed by atoms with Crippen LogP contribution < -0.4 is 10.7 Å². The molecule has 1 saturated heterocycles. The van der Waals surface area contributed by atoms with Crippen LogP contribution in [0.5, 0.6) is 0 Å². The first kappa shape index (κ1) is 11.5. The molecule has 2 N–H and O–H groups in total. The lowest BCUT2D eigenvalue weighted by Gasteiger charge is -2.28. The summed E-state index contributed by atoms with van der Waals surface area (Å²) in [5.74, 6) is 0.0353.